The summed E-state index contributed by atoms with van der Waals surface area (Å²) in [5.74, 6) is 1.44. The van der Waals surface area contributed by atoms with Crippen LogP contribution in [0.2, 0.25) is 0 Å². The molecular formula is C16H23N3O5S. The summed E-state index contributed by atoms with van der Waals surface area (Å²) in [7, 11) is 1.35. The van der Waals surface area contributed by atoms with Gasteiger partial charge in [-0.05, 0) is 6.92 Å². The van der Waals surface area contributed by atoms with E-state index in [0.29, 0.717) is 6.54 Å². The summed E-state index contributed by atoms with van der Waals surface area (Å²) in [5, 5.41) is 5.40. The first-order valence-electron chi connectivity index (χ1n) is 8.07. The predicted octanol–water partition coefficient (Wildman–Crippen LogP) is -0.0683. The fourth-order valence-corrected chi connectivity index (χ4v) is 3.33. The van der Waals surface area contributed by atoms with Crippen molar-refractivity contribution in [2.24, 2.45) is 0 Å². The van der Waals surface area contributed by atoms with Crippen molar-refractivity contribution in [1.82, 2.24) is 15.5 Å². The molecule has 0 aliphatic carbocycles. The highest BCUT2D eigenvalue weighted by Crippen LogP contribution is 2.12. The van der Waals surface area contributed by atoms with E-state index in [1.807, 2.05) is 18.7 Å². The molecule has 138 valence electrons. The average molecular weight is 369 g/mol. The zero-order valence-corrected chi connectivity index (χ0v) is 15.2. The fraction of sp³-hybridized carbons (Fsp3) is 0.562. The summed E-state index contributed by atoms with van der Waals surface area (Å²) in [6, 6.07) is 0.889. The van der Waals surface area contributed by atoms with Crippen LogP contribution in [0.3, 0.4) is 0 Å². The number of amides is 2. The van der Waals surface area contributed by atoms with Gasteiger partial charge in [-0.3, -0.25) is 19.3 Å². The topological polar surface area (TPSA) is 101 Å². The molecule has 1 saturated heterocycles. The number of hydrogen-bond acceptors (Lipinski definition) is 7. The molecule has 1 atom stereocenters. The number of nitrogens with one attached hydrogen (secondary N) is 2. The summed E-state index contributed by atoms with van der Waals surface area (Å²) in [5.41, 5.74) is -0.430. The van der Waals surface area contributed by atoms with E-state index in [1.165, 1.54) is 7.11 Å². The van der Waals surface area contributed by atoms with Gasteiger partial charge in [-0.15, -0.1) is 0 Å². The molecule has 1 aliphatic rings. The number of hydrogen-bond donors (Lipinski definition) is 2. The molecule has 0 saturated carbocycles. The van der Waals surface area contributed by atoms with Crippen molar-refractivity contribution in [2.45, 2.75) is 13.0 Å². The van der Waals surface area contributed by atoms with E-state index in [0.717, 1.165) is 36.9 Å². The molecule has 0 aromatic carbocycles. The number of ether oxygens (including phenoxy) is 1. The molecule has 0 spiro atoms. The quantitative estimate of drug-likeness (QED) is 0.649. The van der Waals surface area contributed by atoms with E-state index in [1.54, 1.807) is 0 Å². The molecule has 2 heterocycles. The molecule has 9 heteroatoms. The third-order valence-corrected chi connectivity index (χ3v) is 4.87. The SMILES string of the molecule is COc1coc(C(=O)NCCNC(=O)C(C)N2CCSCC2)cc1=O. The van der Waals surface area contributed by atoms with Gasteiger partial charge < -0.3 is 19.8 Å². The third-order valence-electron chi connectivity index (χ3n) is 3.92. The smallest absolute Gasteiger partial charge is 0.287 e. The number of thioether (sulfide) groups is 1. The van der Waals surface area contributed by atoms with Crippen LogP contribution in [0.15, 0.2) is 21.5 Å². The van der Waals surface area contributed by atoms with Gasteiger partial charge in [0.2, 0.25) is 17.1 Å². The fourth-order valence-electron chi connectivity index (χ4n) is 2.39. The molecule has 2 N–H and O–H groups in total. The van der Waals surface area contributed by atoms with Gasteiger partial charge in [-0.25, -0.2) is 0 Å². The van der Waals surface area contributed by atoms with Crippen LogP contribution >= 0.6 is 11.8 Å². The molecule has 8 nitrogen and oxygen atoms in total. The summed E-state index contributed by atoms with van der Waals surface area (Å²) in [6.45, 7) is 4.25. The zero-order chi connectivity index (χ0) is 18.2. The van der Waals surface area contributed by atoms with Gasteiger partial charge in [0.15, 0.2) is 5.76 Å². The van der Waals surface area contributed by atoms with Crippen molar-refractivity contribution >= 4 is 23.6 Å². The van der Waals surface area contributed by atoms with Crippen molar-refractivity contribution in [3.05, 3.63) is 28.3 Å². The molecule has 2 amide bonds. The second kappa shape index (κ2) is 9.47. The summed E-state index contributed by atoms with van der Waals surface area (Å²) in [6.07, 6.45) is 1.09. The Kier molecular flexibility index (Phi) is 7.32. The van der Waals surface area contributed by atoms with Crippen LogP contribution in [0.5, 0.6) is 5.75 Å². The predicted molar refractivity (Wildman–Crippen MR) is 95.2 cm³/mol. The Morgan fingerprint density at radius 3 is 2.64 bits per heavy atom. The van der Waals surface area contributed by atoms with Crippen LogP contribution in [0.4, 0.5) is 0 Å². The van der Waals surface area contributed by atoms with Gasteiger partial charge >= 0.3 is 0 Å². The van der Waals surface area contributed by atoms with E-state index in [9.17, 15) is 14.4 Å². The van der Waals surface area contributed by atoms with Crippen LogP contribution in [-0.4, -0.2) is 67.6 Å². The van der Waals surface area contributed by atoms with Crippen molar-refractivity contribution in [3.8, 4) is 5.75 Å². The van der Waals surface area contributed by atoms with Crippen LogP contribution < -0.4 is 20.8 Å². The highest BCUT2D eigenvalue weighted by molar-refractivity contribution is 7.99. The molecule has 25 heavy (non-hydrogen) atoms. The Bertz CT molecular complexity index is 657. The average Bonchev–Trinajstić information content (AvgIpc) is 2.64. The lowest BCUT2D eigenvalue weighted by atomic mass is 10.2. The Labute approximate surface area is 150 Å². The van der Waals surface area contributed by atoms with E-state index >= 15 is 0 Å². The molecule has 1 aliphatic heterocycles. The number of carbonyl (C=O) groups excluding carboxylic acids is 2. The lowest BCUT2D eigenvalue weighted by Crippen LogP contribution is -2.49. The molecule has 1 aromatic heterocycles. The van der Waals surface area contributed by atoms with E-state index in [-0.39, 0.29) is 30.0 Å². The zero-order valence-electron chi connectivity index (χ0n) is 14.4. The Hall–Kier alpha value is -2.00. The maximum absolute atomic E-state index is 12.1. The molecule has 1 unspecified atom stereocenters. The van der Waals surface area contributed by atoms with Crippen molar-refractivity contribution in [3.63, 3.8) is 0 Å². The molecule has 2 rings (SSSR count). The molecule has 1 aromatic rings. The van der Waals surface area contributed by atoms with Crippen molar-refractivity contribution in [1.29, 1.82) is 0 Å². The Morgan fingerprint density at radius 2 is 2.00 bits per heavy atom. The minimum absolute atomic E-state index is 0.0360. The second-order valence-electron chi connectivity index (χ2n) is 5.55. The van der Waals surface area contributed by atoms with E-state index in [2.05, 4.69) is 15.5 Å². The lowest BCUT2D eigenvalue weighted by Gasteiger charge is -2.31. The number of carbonyl (C=O) groups is 2. The number of nitrogens with zero attached hydrogens (tertiary/aromatic N) is 1. The van der Waals surface area contributed by atoms with E-state index < -0.39 is 11.3 Å². The standard InChI is InChI=1S/C16H23N3O5S/c1-11(19-5-7-25-8-6-19)15(21)17-3-4-18-16(22)13-9-12(20)14(23-2)10-24-13/h9-11H,3-8H2,1-2H3,(H,17,21)(H,18,22). The summed E-state index contributed by atoms with van der Waals surface area (Å²) >= 11 is 1.89. The second-order valence-corrected chi connectivity index (χ2v) is 6.77. The van der Waals surface area contributed by atoms with Gasteiger partial charge in [0.05, 0.1) is 13.2 Å². The molecule has 0 bridgehead atoms. The lowest BCUT2D eigenvalue weighted by molar-refractivity contribution is -0.125. The van der Waals surface area contributed by atoms with Gasteiger partial charge in [0, 0.05) is 43.8 Å². The van der Waals surface area contributed by atoms with Crippen LogP contribution in [0.25, 0.3) is 0 Å². The van der Waals surface area contributed by atoms with Gasteiger partial charge in [0.1, 0.15) is 6.26 Å². The minimum atomic E-state index is -0.518. The first kappa shape index (κ1) is 19.3. The maximum atomic E-state index is 12.1. The largest absolute Gasteiger partial charge is 0.490 e. The van der Waals surface area contributed by atoms with Gasteiger partial charge in [-0.1, -0.05) is 0 Å². The summed E-state index contributed by atoms with van der Waals surface area (Å²) < 4.78 is 9.84. The molecule has 1 fully saturated rings. The number of rotatable bonds is 7. The van der Waals surface area contributed by atoms with Gasteiger partial charge in [0.25, 0.3) is 5.91 Å². The first-order chi connectivity index (χ1) is 12.0. The summed E-state index contributed by atoms with van der Waals surface area (Å²) in [4.78, 5) is 37.8. The van der Waals surface area contributed by atoms with Crippen LogP contribution in [-0.2, 0) is 4.79 Å². The minimum Gasteiger partial charge on any atom is -0.490 e. The Balaban J connectivity index is 1.73. The van der Waals surface area contributed by atoms with Crippen LogP contribution in [0, 0.1) is 0 Å². The monoisotopic (exact) mass is 369 g/mol. The maximum Gasteiger partial charge on any atom is 0.287 e. The Morgan fingerprint density at radius 1 is 1.32 bits per heavy atom. The van der Waals surface area contributed by atoms with Crippen molar-refractivity contribution in [2.75, 3.05) is 44.8 Å². The molecule has 0 radical (unpaired) electrons. The highest BCUT2D eigenvalue weighted by Gasteiger charge is 2.22. The molecular weight excluding hydrogens is 346 g/mol. The first-order valence-corrected chi connectivity index (χ1v) is 9.23. The highest BCUT2D eigenvalue weighted by atomic mass is 32.2. The van der Waals surface area contributed by atoms with E-state index in [4.69, 9.17) is 9.15 Å². The third kappa shape index (κ3) is 5.50. The normalized spacial score (nSPS) is 16.1. The van der Waals surface area contributed by atoms with Gasteiger partial charge in [-0.2, -0.15) is 11.8 Å². The van der Waals surface area contributed by atoms with Crippen molar-refractivity contribution < 1.29 is 18.7 Å². The number of methoxy groups -OCH3 is 1. The van der Waals surface area contributed by atoms with Crippen LogP contribution in [0.1, 0.15) is 17.5 Å².